The summed E-state index contributed by atoms with van der Waals surface area (Å²) in [6.07, 6.45) is 0. The quantitative estimate of drug-likeness (QED) is 0.565. The highest BCUT2D eigenvalue weighted by atomic mass is 35.5. The lowest BCUT2D eigenvalue weighted by atomic mass is 9.80. The predicted molar refractivity (Wildman–Crippen MR) is 93.6 cm³/mol. The van der Waals surface area contributed by atoms with Gasteiger partial charge in [0, 0.05) is 43.9 Å². The number of nitrogen functional groups attached to an aromatic ring is 1. The van der Waals surface area contributed by atoms with Gasteiger partial charge in [-0.25, -0.2) is 4.39 Å². The number of nitrogens with zero attached hydrogens (tertiary/aromatic N) is 1. The summed E-state index contributed by atoms with van der Waals surface area (Å²) in [6, 6.07) is 2.50. The van der Waals surface area contributed by atoms with Crippen molar-refractivity contribution in [1.29, 1.82) is 0 Å². The number of anilines is 1. The number of nitrogens with two attached hydrogens (primary N) is 1. The van der Waals surface area contributed by atoms with E-state index < -0.39 is 5.82 Å². The summed E-state index contributed by atoms with van der Waals surface area (Å²) in [6.45, 7) is 9.84. The zero-order valence-electron chi connectivity index (χ0n) is 13.2. The number of hydrogen-bond donors (Lipinski definition) is 3. The summed E-state index contributed by atoms with van der Waals surface area (Å²) in [4.78, 5) is 2.28. The Hall–Kier alpha value is -0.750. The molecule has 1 fully saturated rings. The predicted octanol–water partition coefficient (Wildman–Crippen LogP) is 2.95. The molecule has 1 heterocycles. The zero-order chi connectivity index (χ0) is 14.9. The van der Waals surface area contributed by atoms with E-state index in [1.54, 1.807) is 0 Å². The van der Waals surface area contributed by atoms with Crippen LogP contribution in [0.1, 0.15) is 32.4 Å². The maximum Gasteiger partial charge on any atom is 0.143 e. The molecule has 1 aromatic rings. The topological polar surface area (TPSA) is 61.5 Å². The molecule has 0 aromatic heterocycles. The van der Waals surface area contributed by atoms with Crippen LogP contribution in [0.25, 0.3) is 0 Å². The van der Waals surface area contributed by atoms with Gasteiger partial charge >= 0.3 is 0 Å². The van der Waals surface area contributed by atoms with Crippen molar-refractivity contribution in [3.63, 3.8) is 0 Å². The number of piperazine rings is 1. The van der Waals surface area contributed by atoms with Gasteiger partial charge in [-0.05, 0) is 11.5 Å². The minimum absolute atomic E-state index is 0. The van der Waals surface area contributed by atoms with Crippen LogP contribution < -0.4 is 11.1 Å². The minimum atomic E-state index is -0.403. The fourth-order valence-corrected chi connectivity index (χ4v) is 3.00. The molecule has 22 heavy (non-hydrogen) atoms. The smallest absolute Gasteiger partial charge is 0.143 e. The van der Waals surface area contributed by atoms with Crippen LogP contribution in [0.5, 0.6) is 5.75 Å². The summed E-state index contributed by atoms with van der Waals surface area (Å²) >= 11 is 0. The van der Waals surface area contributed by atoms with Crippen molar-refractivity contribution in [1.82, 2.24) is 10.2 Å². The van der Waals surface area contributed by atoms with Gasteiger partial charge in [-0.3, -0.25) is 4.90 Å². The lowest BCUT2D eigenvalue weighted by Gasteiger charge is -2.42. The normalized spacial score (nSPS) is 17.3. The van der Waals surface area contributed by atoms with E-state index in [1.807, 2.05) is 0 Å². The Morgan fingerprint density at radius 3 is 2.27 bits per heavy atom. The second-order valence-electron chi connectivity index (χ2n) is 6.49. The van der Waals surface area contributed by atoms with Crippen molar-refractivity contribution in [2.24, 2.45) is 5.41 Å². The minimum Gasteiger partial charge on any atom is -0.505 e. The Morgan fingerprint density at radius 2 is 1.77 bits per heavy atom. The molecule has 1 aromatic carbocycles. The van der Waals surface area contributed by atoms with Crippen LogP contribution >= 0.6 is 24.8 Å². The molecular weight excluding hydrogens is 328 g/mol. The van der Waals surface area contributed by atoms with E-state index >= 15 is 0 Å². The highest BCUT2D eigenvalue weighted by Gasteiger charge is 2.35. The van der Waals surface area contributed by atoms with E-state index in [1.165, 1.54) is 6.07 Å². The molecule has 0 unspecified atom stereocenters. The van der Waals surface area contributed by atoms with Gasteiger partial charge in [0.15, 0.2) is 0 Å². The molecule has 0 bridgehead atoms. The molecule has 4 N–H and O–H groups in total. The van der Waals surface area contributed by atoms with Gasteiger partial charge in [0.25, 0.3) is 0 Å². The summed E-state index contributed by atoms with van der Waals surface area (Å²) in [5.41, 5.74) is 6.26. The van der Waals surface area contributed by atoms with Crippen LogP contribution in [-0.2, 0) is 0 Å². The van der Waals surface area contributed by atoms with Crippen LogP contribution in [-0.4, -0.2) is 36.2 Å². The number of rotatable bonds is 2. The second-order valence-corrected chi connectivity index (χ2v) is 6.49. The van der Waals surface area contributed by atoms with Crippen LogP contribution in [0.3, 0.4) is 0 Å². The van der Waals surface area contributed by atoms with Gasteiger partial charge in [-0.1, -0.05) is 20.8 Å². The molecule has 1 aliphatic rings. The van der Waals surface area contributed by atoms with Gasteiger partial charge in [0.05, 0.1) is 5.69 Å². The van der Waals surface area contributed by atoms with Crippen LogP contribution in [0.4, 0.5) is 10.1 Å². The zero-order valence-corrected chi connectivity index (χ0v) is 14.9. The first kappa shape index (κ1) is 21.2. The van der Waals surface area contributed by atoms with Crippen LogP contribution in [0, 0.1) is 11.2 Å². The Kier molecular flexibility index (Phi) is 7.92. The van der Waals surface area contributed by atoms with Crippen molar-refractivity contribution in [2.45, 2.75) is 26.8 Å². The van der Waals surface area contributed by atoms with Crippen molar-refractivity contribution in [2.75, 3.05) is 31.9 Å². The summed E-state index contributed by atoms with van der Waals surface area (Å²) < 4.78 is 13.7. The number of halogens is 3. The fourth-order valence-electron chi connectivity index (χ4n) is 3.00. The van der Waals surface area contributed by atoms with Gasteiger partial charge < -0.3 is 16.2 Å². The SMILES string of the molecule is CC(C)(C)[C@H](c1cc(F)cc(N)c1O)N1CCNCC1.Cl.Cl. The van der Waals surface area contributed by atoms with Gasteiger partial charge in [0.2, 0.25) is 0 Å². The van der Waals surface area contributed by atoms with E-state index in [0.717, 1.165) is 32.2 Å². The molecule has 1 aliphatic heterocycles. The molecule has 1 saturated heterocycles. The van der Waals surface area contributed by atoms with E-state index in [4.69, 9.17) is 5.73 Å². The first-order valence-corrected chi connectivity index (χ1v) is 7.03. The molecule has 0 spiro atoms. The van der Waals surface area contributed by atoms with E-state index in [0.29, 0.717) is 5.56 Å². The lowest BCUT2D eigenvalue weighted by molar-refractivity contribution is 0.0841. The highest BCUT2D eigenvalue weighted by Crippen LogP contribution is 2.43. The van der Waals surface area contributed by atoms with Gasteiger partial charge in [0.1, 0.15) is 11.6 Å². The molecule has 0 amide bonds. The third-order valence-electron chi connectivity index (χ3n) is 3.77. The van der Waals surface area contributed by atoms with Crippen LogP contribution in [0.2, 0.25) is 0 Å². The molecule has 4 nitrogen and oxygen atoms in total. The van der Waals surface area contributed by atoms with Crippen LogP contribution in [0.15, 0.2) is 12.1 Å². The summed E-state index contributed by atoms with van der Waals surface area (Å²) in [5.74, 6) is -0.399. The van der Waals surface area contributed by atoms with E-state index in [9.17, 15) is 9.50 Å². The monoisotopic (exact) mass is 353 g/mol. The molecule has 0 radical (unpaired) electrons. The first-order chi connectivity index (χ1) is 9.30. The molecule has 7 heteroatoms. The molecule has 0 aliphatic carbocycles. The fraction of sp³-hybridized carbons (Fsp3) is 0.600. The maximum atomic E-state index is 13.7. The molecule has 128 valence electrons. The van der Waals surface area contributed by atoms with Gasteiger partial charge in [-0.15, -0.1) is 24.8 Å². The number of benzene rings is 1. The third-order valence-corrected chi connectivity index (χ3v) is 3.77. The molecule has 2 rings (SSSR count). The standard InChI is InChI=1S/C15H24FN3O.2ClH/c1-15(2,3)14(19-6-4-18-5-7-19)11-8-10(16)9-12(17)13(11)20;;/h8-9,14,18,20H,4-7,17H2,1-3H3;2*1H/t14-;;/m0../s1. The Labute approximate surface area is 144 Å². The van der Waals surface area contributed by atoms with Crippen molar-refractivity contribution >= 4 is 30.5 Å². The average Bonchev–Trinajstić information content (AvgIpc) is 2.35. The van der Waals surface area contributed by atoms with Crippen molar-refractivity contribution in [3.8, 4) is 5.75 Å². The number of aromatic hydroxyl groups is 1. The maximum absolute atomic E-state index is 13.7. The van der Waals surface area contributed by atoms with Crippen molar-refractivity contribution < 1.29 is 9.50 Å². The average molecular weight is 354 g/mol. The number of phenolic OH excluding ortho intramolecular Hbond substituents is 1. The summed E-state index contributed by atoms with van der Waals surface area (Å²) in [5, 5.41) is 13.6. The molecule has 1 atom stereocenters. The summed E-state index contributed by atoms with van der Waals surface area (Å²) in [7, 11) is 0. The molecular formula is C15H26Cl2FN3O. The second kappa shape index (κ2) is 8.20. The Bertz CT molecular complexity index is 488. The molecule has 0 saturated carbocycles. The Morgan fingerprint density at radius 1 is 1.23 bits per heavy atom. The first-order valence-electron chi connectivity index (χ1n) is 7.03. The lowest BCUT2D eigenvalue weighted by Crippen LogP contribution is -2.48. The largest absolute Gasteiger partial charge is 0.505 e. The number of phenols is 1. The van der Waals surface area contributed by atoms with Gasteiger partial charge in [-0.2, -0.15) is 0 Å². The highest BCUT2D eigenvalue weighted by molar-refractivity contribution is 5.85. The van der Waals surface area contributed by atoms with E-state index in [2.05, 4.69) is 31.0 Å². The van der Waals surface area contributed by atoms with Crippen molar-refractivity contribution in [3.05, 3.63) is 23.5 Å². The number of hydrogen-bond acceptors (Lipinski definition) is 4. The number of nitrogens with one attached hydrogen (secondary N) is 1. The third kappa shape index (κ3) is 4.62. The van der Waals surface area contributed by atoms with E-state index in [-0.39, 0.29) is 47.7 Å². The Balaban J connectivity index is 0.00000220.